The second kappa shape index (κ2) is 5.81. The summed E-state index contributed by atoms with van der Waals surface area (Å²) in [6.07, 6.45) is 0. The summed E-state index contributed by atoms with van der Waals surface area (Å²) in [6.45, 7) is 3.60. The lowest BCUT2D eigenvalue weighted by atomic mass is 9.95. The van der Waals surface area contributed by atoms with Gasteiger partial charge in [0, 0.05) is 20.0 Å². The van der Waals surface area contributed by atoms with E-state index in [-0.39, 0.29) is 11.8 Å². The van der Waals surface area contributed by atoms with Gasteiger partial charge in [-0.25, -0.2) is 0 Å². The fourth-order valence-corrected chi connectivity index (χ4v) is 1.89. The summed E-state index contributed by atoms with van der Waals surface area (Å²) in [5, 5.41) is 3.47. The van der Waals surface area contributed by atoms with Crippen molar-refractivity contribution in [3.63, 3.8) is 0 Å². The maximum atomic E-state index is 12.1. The maximum absolute atomic E-state index is 12.1. The highest BCUT2D eigenvalue weighted by molar-refractivity contribution is 6.34. The van der Waals surface area contributed by atoms with Crippen molar-refractivity contribution >= 4 is 40.5 Å². The smallest absolute Gasteiger partial charge is 0.231 e. The molecule has 5 heteroatoms. The Morgan fingerprint density at radius 3 is 2.50 bits per heavy atom. The maximum Gasteiger partial charge on any atom is 0.231 e. The molecule has 0 bridgehead atoms. The molecule has 0 fully saturated rings. The highest BCUT2D eigenvalue weighted by Crippen LogP contribution is 2.33. The number of hydrogen-bond acceptors (Lipinski definition) is 2. The van der Waals surface area contributed by atoms with Crippen LogP contribution in [0.1, 0.15) is 13.8 Å². The largest absolute Gasteiger partial charge is 0.375 e. The summed E-state index contributed by atoms with van der Waals surface area (Å²) >= 11 is 11.9. The molecular formula is C13H18Cl2N2O. The summed E-state index contributed by atoms with van der Waals surface area (Å²) in [5.41, 5.74) is 0.863. The Kier molecular flexibility index (Phi) is 4.88. The minimum absolute atomic E-state index is 0.122. The van der Waals surface area contributed by atoms with E-state index in [1.807, 2.05) is 25.1 Å². The van der Waals surface area contributed by atoms with Crippen LogP contribution in [0.2, 0.25) is 5.02 Å². The molecule has 0 heterocycles. The van der Waals surface area contributed by atoms with Gasteiger partial charge < -0.3 is 10.2 Å². The Labute approximate surface area is 118 Å². The van der Waals surface area contributed by atoms with Gasteiger partial charge in [-0.05, 0) is 26.0 Å². The fraction of sp³-hybridized carbons (Fsp3) is 0.462. The van der Waals surface area contributed by atoms with Crippen molar-refractivity contribution in [1.82, 2.24) is 0 Å². The number of rotatable bonds is 4. The molecule has 3 nitrogen and oxygen atoms in total. The summed E-state index contributed by atoms with van der Waals surface area (Å²) in [6, 6.07) is 5.42. The molecule has 0 saturated carbocycles. The molecule has 0 unspecified atom stereocenters. The van der Waals surface area contributed by atoms with E-state index in [0.717, 1.165) is 5.69 Å². The predicted molar refractivity (Wildman–Crippen MR) is 78.9 cm³/mol. The molecule has 0 radical (unpaired) electrons. The zero-order valence-corrected chi connectivity index (χ0v) is 12.6. The Morgan fingerprint density at radius 2 is 2.00 bits per heavy atom. The van der Waals surface area contributed by atoms with Gasteiger partial charge >= 0.3 is 0 Å². The lowest BCUT2D eigenvalue weighted by Gasteiger charge is -2.24. The monoisotopic (exact) mass is 288 g/mol. The van der Waals surface area contributed by atoms with Crippen LogP contribution in [-0.4, -0.2) is 25.9 Å². The van der Waals surface area contributed by atoms with E-state index < -0.39 is 5.41 Å². The van der Waals surface area contributed by atoms with Crippen LogP contribution in [0.3, 0.4) is 0 Å². The van der Waals surface area contributed by atoms with E-state index in [0.29, 0.717) is 10.7 Å². The lowest BCUT2D eigenvalue weighted by molar-refractivity contribution is -0.122. The van der Waals surface area contributed by atoms with Gasteiger partial charge in [-0.2, -0.15) is 0 Å². The molecule has 1 N–H and O–H groups in total. The minimum Gasteiger partial charge on any atom is -0.375 e. The third-order valence-corrected chi connectivity index (χ3v) is 3.60. The van der Waals surface area contributed by atoms with Crippen molar-refractivity contribution < 1.29 is 4.79 Å². The van der Waals surface area contributed by atoms with E-state index in [2.05, 4.69) is 5.32 Å². The van der Waals surface area contributed by atoms with E-state index in [1.165, 1.54) is 0 Å². The van der Waals surface area contributed by atoms with Gasteiger partial charge in [0.15, 0.2) is 0 Å². The number of nitrogens with one attached hydrogen (secondary N) is 1. The molecule has 0 saturated heterocycles. The predicted octanol–water partition coefficient (Wildman–Crippen LogP) is 3.61. The molecule has 1 rings (SSSR count). The summed E-state index contributed by atoms with van der Waals surface area (Å²) in [4.78, 5) is 14.0. The Balaban J connectivity index is 3.06. The van der Waals surface area contributed by atoms with Crippen LogP contribution in [0.4, 0.5) is 11.4 Å². The molecule has 0 aromatic heterocycles. The van der Waals surface area contributed by atoms with Crippen LogP contribution in [0, 0.1) is 5.41 Å². The van der Waals surface area contributed by atoms with E-state index in [1.54, 1.807) is 26.0 Å². The molecular weight excluding hydrogens is 271 g/mol. The van der Waals surface area contributed by atoms with Crippen molar-refractivity contribution in [3.05, 3.63) is 23.2 Å². The number of carbonyl (C=O) groups excluding carboxylic acids is 1. The Hall–Kier alpha value is -0.930. The number of anilines is 2. The van der Waals surface area contributed by atoms with E-state index in [9.17, 15) is 4.79 Å². The molecule has 18 heavy (non-hydrogen) atoms. The number of hydrogen-bond donors (Lipinski definition) is 1. The highest BCUT2D eigenvalue weighted by Gasteiger charge is 2.27. The zero-order chi connectivity index (χ0) is 13.9. The Morgan fingerprint density at radius 1 is 1.39 bits per heavy atom. The van der Waals surface area contributed by atoms with Crippen LogP contribution in [0.25, 0.3) is 0 Å². The average Bonchev–Trinajstić information content (AvgIpc) is 2.28. The second-order valence-corrected chi connectivity index (χ2v) is 5.68. The quantitative estimate of drug-likeness (QED) is 0.859. The van der Waals surface area contributed by atoms with E-state index in [4.69, 9.17) is 23.2 Å². The van der Waals surface area contributed by atoms with Gasteiger partial charge in [0.25, 0.3) is 0 Å². The van der Waals surface area contributed by atoms with Gasteiger partial charge in [-0.1, -0.05) is 17.7 Å². The molecule has 1 amide bonds. The van der Waals surface area contributed by atoms with Crippen molar-refractivity contribution in [2.45, 2.75) is 13.8 Å². The van der Waals surface area contributed by atoms with Gasteiger partial charge in [0.05, 0.1) is 21.8 Å². The molecule has 0 aliphatic heterocycles. The number of para-hydroxylation sites is 1. The third-order valence-electron chi connectivity index (χ3n) is 2.63. The van der Waals surface area contributed by atoms with Gasteiger partial charge in [0.1, 0.15) is 0 Å². The lowest BCUT2D eigenvalue weighted by Crippen LogP contribution is -2.32. The normalized spacial score (nSPS) is 11.2. The van der Waals surface area contributed by atoms with Gasteiger partial charge in [-0.3, -0.25) is 4.79 Å². The van der Waals surface area contributed by atoms with Crippen molar-refractivity contribution in [2.24, 2.45) is 5.41 Å². The molecule has 0 aliphatic rings. The van der Waals surface area contributed by atoms with Crippen LogP contribution in [0.15, 0.2) is 18.2 Å². The number of amides is 1. The number of nitrogens with zero attached hydrogens (tertiary/aromatic N) is 1. The van der Waals surface area contributed by atoms with Crippen molar-refractivity contribution in [1.29, 1.82) is 0 Å². The van der Waals surface area contributed by atoms with Crippen LogP contribution in [0.5, 0.6) is 0 Å². The fourth-order valence-electron chi connectivity index (χ4n) is 1.42. The topological polar surface area (TPSA) is 32.3 Å². The average molecular weight is 289 g/mol. The standard InChI is InChI=1S/C13H18Cl2N2O/c1-13(2,8-14)12(18)16-10-7-5-6-9(15)11(10)17(3)4/h5-7H,8H2,1-4H3,(H,16,18). The Bertz CT molecular complexity index is 445. The number of alkyl halides is 1. The first kappa shape index (κ1) is 15.1. The van der Waals surface area contributed by atoms with Crippen molar-refractivity contribution in [3.8, 4) is 0 Å². The van der Waals surface area contributed by atoms with Gasteiger partial charge in [-0.15, -0.1) is 11.6 Å². The van der Waals surface area contributed by atoms with Crippen LogP contribution >= 0.6 is 23.2 Å². The molecule has 0 atom stereocenters. The zero-order valence-electron chi connectivity index (χ0n) is 11.1. The van der Waals surface area contributed by atoms with Crippen LogP contribution < -0.4 is 10.2 Å². The molecule has 1 aromatic carbocycles. The second-order valence-electron chi connectivity index (χ2n) is 5.00. The van der Waals surface area contributed by atoms with Gasteiger partial charge in [0.2, 0.25) is 5.91 Å². The molecule has 0 aliphatic carbocycles. The van der Waals surface area contributed by atoms with E-state index >= 15 is 0 Å². The highest BCUT2D eigenvalue weighted by atomic mass is 35.5. The van der Waals surface area contributed by atoms with Crippen LogP contribution in [-0.2, 0) is 4.79 Å². The number of carbonyl (C=O) groups is 1. The first-order chi connectivity index (χ1) is 8.29. The summed E-state index contributed by atoms with van der Waals surface area (Å²) in [7, 11) is 3.76. The first-order valence-corrected chi connectivity index (χ1v) is 6.54. The first-order valence-electron chi connectivity index (χ1n) is 5.63. The minimum atomic E-state index is -0.618. The molecule has 100 valence electrons. The number of halogens is 2. The SMILES string of the molecule is CN(C)c1c(Cl)cccc1NC(=O)C(C)(C)CCl. The molecule has 1 aromatic rings. The number of benzene rings is 1. The third kappa shape index (κ3) is 3.30. The van der Waals surface area contributed by atoms with Crippen molar-refractivity contribution in [2.75, 3.05) is 30.2 Å². The summed E-state index contributed by atoms with van der Waals surface area (Å²) in [5.74, 6) is 0.138. The summed E-state index contributed by atoms with van der Waals surface area (Å²) < 4.78 is 0. The molecule has 0 spiro atoms.